The Balaban J connectivity index is 1.75. The van der Waals surface area contributed by atoms with E-state index in [2.05, 4.69) is 31.0 Å². The first kappa shape index (κ1) is 20.9. The van der Waals surface area contributed by atoms with Crippen LogP contribution in [0.5, 0.6) is 5.75 Å². The van der Waals surface area contributed by atoms with Gasteiger partial charge < -0.3 is 9.64 Å². The van der Waals surface area contributed by atoms with Crippen molar-refractivity contribution in [3.63, 3.8) is 0 Å². The zero-order chi connectivity index (χ0) is 20.9. The molecule has 7 heteroatoms. The molecule has 0 radical (unpaired) electrons. The molecule has 1 aromatic heterocycles. The lowest BCUT2D eigenvalue weighted by Crippen LogP contribution is -2.45. The summed E-state index contributed by atoms with van der Waals surface area (Å²) in [6.07, 6.45) is 1.64. The van der Waals surface area contributed by atoms with E-state index in [-0.39, 0.29) is 17.2 Å². The van der Waals surface area contributed by atoms with E-state index >= 15 is 0 Å². The maximum absolute atomic E-state index is 13.1. The maximum atomic E-state index is 13.1. The smallest absolute Gasteiger partial charge is 0.233 e. The monoisotopic (exact) mass is 410 g/mol. The first-order valence-electron chi connectivity index (χ1n) is 9.41. The van der Waals surface area contributed by atoms with Crippen LogP contribution < -0.4 is 4.74 Å². The van der Waals surface area contributed by atoms with Crippen molar-refractivity contribution >= 4 is 17.7 Å². The molecule has 3 aromatic rings. The number of methoxy groups -OCH3 is 1. The van der Waals surface area contributed by atoms with Crippen LogP contribution in [-0.4, -0.2) is 44.0 Å². The minimum Gasteiger partial charge on any atom is -0.495 e. The Morgan fingerprint density at radius 2 is 1.79 bits per heavy atom. The van der Waals surface area contributed by atoms with Gasteiger partial charge in [0.1, 0.15) is 12.1 Å². The second-order valence-corrected chi connectivity index (χ2v) is 8.52. The van der Waals surface area contributed by atoms with E-state index in [4.69, 9.17) is 4.74 Å². The largest absolute Gasteiger partial charge is 0.495 e. The summed E-state index contributed by atoms with van der Waals surface area (Å²) in [5, 5.41) is 8.87. The van der Waals surface area contributed by atoms with Crippen molar-refractivity contribution in [3.05, 3.63) is 66.5 Å². The van der Waals surface area contributed by atoms with Gasteiger partial charge in [0.05, 0.1) is 18.6 Å². The van der Waals surface area contributed by atoms with Crippen molar-refractivity contribution in [2.45, 2.75) is 38.0 Å². The Morgan fingerprint density at radius 1 is 1.10 bits per heavy atom. The summed E-state index contributed by atoms with van der Waals surface area (Å²) in [6.45, 7) is 6.73. The molecule has 0 saturated carbocycles. The van der Waals surface area contributed by atoms with Gasteiger partial charge in [-0.25, -0.2) is 0 Å². The molecule has 152 valence electrons. The molecule has 1 amide bonds. The van der Waals surface area contributed by atoms with Gasteiger partial charge in [-0.15, -0.1) is 10.2 Å². The van der Waals surface area contributed by atoms with E-state index in [0.29, 0.717) is 11.7 Å². The fourth-order valence-electron chi connectivity index (χ4n) is 2.99. The van der Waals surface area contributed by atoms with E-state index in [1.165, 1.54) is 11.8 Å². The van der Waals surface area contributed by atoms with Crippen molar-refractivity contribution in [1.82, 2.24) is 19.7 Å². The number of hydrogen-bond donors (Lipinski definition) is 0. The first-order valence-corrected chi connectivity index (χ1v) is 10.4. The standard InChI is InChI=1S/C22H26N4O2S/c1-22(2,3)26(14-17-10-6-5-7-11-17)20(27)15-29-21-24-23-16-25(21)18-12-8-9-13-19(18)28-4/h5-13,16H,14-15H2,1-4H3. The van der Waals surface area contributed by atoms with Gasteiger partial charge in [-0.2, -0.15) is 0 Å². The molecule has 0 N–H and O–H groups in total. The summed E-state index contributed by atoms with van der Waals surface area (Å²) in [5.41, 5.74) is 1.66. The third-order valence-electron chi connectivity index (χ3n) is 4.48. The molecular weight excluding hydrogens is 384 g/mol. The van der Waals surface area contributed by atoms with Gasteiger partial charge in [0.15, 0.2) is 5.16 Å². The molecule has 0 aliphatic carbocycles. The third kappa shape index (κ3) is 5.17. The second kappa shape index (κ2) is 9.13. The molecule has 0 saturated heterocycles. The molecule has 1 heterocycles. The number of rotatable bonds is 7. The number of carbonyl (C=O) groups is 1. The van der Waals surface area contributed by atoms with Crippen LogP contribution in [0, 0.1) is 0 Å². The highest BCUT2D eigenvalue weighted by molar-refractivity contribution is 7.99. The zero-order valence-corrected chi connectivity index (χ0v) is 18.0. The van der Waals surface area contributed by atoms with Gasteiger partial charge in [-0.05, 0) is 38.5 Å². The number of amides is 1. The van der Waals surface area contributed by atoms with Crippen molar-refractivity contribution in [1.29, 1.82) is 0 Å². The molecule has 0 aliphatic heterocycles. The van der Waals surface area contributed by atoms with Crippen LogP contribution in [0.2, 0.25) is 0 Å². The quantitative estimate of drug-likeness (QED) is 0.547. The van der Waals surface area contributed by atoms with Crippen LogP contribution in [0.15, 0.2) is 66.1 Å². The summed E-state index contributed by atoms with van der Waals surface area (Å²) >= 11 is 1.37. The number of ether oxygens (including phenoxy) is 1. The summed E-state index contributed by atoms with van der Waals surface area (Å²) in [7, 11) is 1.63. The van der Waals surface area contributed by atoms with E-state index < -0.39 is 0 Å². The van der Waals surface area contributed by atoms with E-state index in [1.54, 1.807) is 13.4 Å². The molecule has 0 atom stereocenters. The Morgan fingerprint density at radius 3 is 2.48 bits per heavy atom. The van der Waals surface area contributed by atoms with Gasteiger partial charge >= 0.3 is 0 Å². The van der Waals surface area contributed by atoms with E-state index in [0.717, 1.165) is 17.0 Å². The Bertz CT molecular complexity index is 951. The SMILES string of the molecule is COc1ccccc1-n1cnnc1SCC(=O)N(Cc1ccccc1)C(C)(C)C. The summed E-state index contributed by atoms with van der Waals surface area (Å²) < 4.78 is 7.28. The van der Waals surface area contributed by atoms with Crippen LogP contribution >= 0.6 is 11.8 Å². The predicted octanol–water partition coefficient (Wildman–Crippen LogP) is 4.20. The van der Waals surface area contributed by atoms with Gasteiger partial charge in [-0.3, -0.25) is 9.36 Å². The van der Waals surface area contributed by atoms with Crippen LogP contribution in [0.4, 0.5) is 0 Å². The van der Waals surface area contributed by atoms with Gasteiger partial charge in [0, 0.05) is 12.1 Å². The first-order chi connectivity index (χ1) is 13.9. The fraction of sp³-hybridized carbons (Fsp3) is 0.318. The van der Waals surface area contributed by atoms with Crippen molar-refractivity contribution in [3.8, 4) is 11.4 Å². The summed E-state index contributed by atoms with van der Waals surface area (Å²) in [6, 6.07) is 17.7. The normalized spacial score (nSPS) is 11.3. The highest BCUT2D eigenvalue weighted by Gasteiger charge is 2.27. The molecule has 0 bridgehead atoms. The number of benzene rings is 2. The van der Waals surface area contributed by atoms with E-state index in [9.17, 15) is 4.79 Å². The van der Waals surface area contributed by atoms with Crippen LogP contribution in [0.25, 0.3) is 5.69 Å². The number of nitrogens with zero attached hydrogens (tertiary/aromatic N) is 4. The number of thioether (sulfide) groups is 1. The van der Waals surface area contributed by atoms with Gasteiger partial charge in [-0.1, -0.05) is 54.2 Å². The van der Waals surface area contributed by atoms with Crippen molar-refractivity contribution in [2.75, 3.05) is 12.9 Å². The zero-order valence-electron chi connectivity index (χ0n) is 17.2. The highest BCUT2D eigenvalue weighted by atomic mass is 32.2. The molecule has 6 nitrogen and oxygen atoms in total. The summed E-state index contributed by atoms with van der Waals surface area (Å²) in [4.78, 5) is 15.0. The minimum absolute atomic E-state index is 0.0564. The lowest BCUT2D eigenvalue weighted by atomic mass is 10.0. The molecule has 3 rings (SSSR count). The third-order valence-corrected chi connectivity index (χ3v) is 5.41. The average molecular weight is 411 g/mol. The highest BCUT2D eigenvalue weighted by Crippen LogP contribution is 2.27. The topological polar surface area (TPSA) is 60.2 Å². The van der Waals surface area contributed by atoms with Crippen LogP contribution in [0.3, 0.4) is 0 Å². The predicted molar refractivity (Wildman–Crippen MR) is 115 cm³/mol. The molecule has 0 unspecified atom stereocenters. The molecule has 0 fully saturated rings. The van der Waals surface area contributed by atoms with Crippen LogP contribution in [-0.2, 0) is 11.3 Å². The average Bonchev–Trinajstić information content (AvgIpc) is 3.18. The molecule has 0 spiro atoms. The van der Waals surface area contributed by atoms with Crippen molar-refractivity contribution in [2.24, 2.45) is 0 Å². The number of aromatic nitrogens is 3. The lowest BCUT2D eigenvalue weighted by molar-refractivity contribution is -0.133. The number of hydrogen-bond acceptors (Lipinski definition) is 5. The summed E-state index contributed by atoms with van der Waals surface area (Å²) in [5.74, 6) is 1.06. The number of para-hydroxylation sites is 2. The lowest BCUT2D eigenvalue weighted by Gasteiger charge is -2.36. The number of carbonyl (C=O) groups excluding carboxylic acids is 1. The Hall–Kier alpha value is -2.80. The fourth-order valence-corrected chi connectivity index (χ4v) is 3.78. The van der Waals surface area contributed by atoms with Crippen molar-refractivity contribution < 1.29 is 9.53 Å². The molecule has 0 aliphatic rings. The Kier molecular flexibility index (Phi) is 6.59. The second-order valence-electron chi connectivity index (χ2n) is 7.58. The van der Waals surface area contributed by atoms with Crippen LogP contribution in [0.1, 0.15) is 26.3 Å². The molecule has 29 heavy (non-hydrogen) atoms. The molecular formula is C22H26N4O2S. The van der Waals surface area contributed by atoms with Gasteiger partial charge in [0.25, 0.3) is 0 Å². The maximum Gasteiger partial charge on any atom is 0.233 e. The van der Waals surface area contributed by atoms with E-state index in [1.807, 2.05) is 64.1 Å². The van der Waals surface area contributed by atoms with Gasteiger partial charge in [0.2, 0.25) is 5.91 Å². The molecule has 2 aromatic carbocycles. The minimum atomic E-state index is -0.288. The Labute approximate surface area is 175 Å².